The van der Waals surface area contributed by atoms with Crippen molar-refractivity contribution in [2.45, 2.75) is 25.9 Å². The molecule has 170 valence electrons. The number of hydrogen-bond acceptors (Lipinski definition) is 7. The minimum atomic E-state index is -0.229. The second-order valence-electron chi connectivity index (χ2n) is 7.50. The van der Waals surface area contributed by atoms with E-state index in [1.165, 1.54) is 32.7 Å². The quantitative estimate of drug-likeness (QED) is 0.472. The minimum absolute atomic E-state index is 0.0513. The number of rotatable bonds is 7. The van der Waals surface area contributed by atoms with E-state index in [9.17, 15) is 4.79 Å². The van der Waals surface area contributed by atoms with E-state index >= 15 is 0 Å². The van der Waals surface area contributed by atoms with Crippen LogP contribution in [0.5, 0.6) is 17.2 Å². The first-order valence-electron chi connectivity index (χ1n) is 10.3. The average molecular weight is 477 g/mol. The van der Waals surface area contributed by atoms with Crippen LogP contribution in [0.25, 0.3) is 10.2 Å². The Balaban J connectivity index is 1.80. The average Bonchev–Trinajstić information content (AvgIpc) is 3.49. The lowest BCUT2D eigenvalue weighted by molar-refractivity contribution is 0.0917. The lowest BCUT2D eigenvalue weighted by Gasteiger charge is -2.24. The predicted molar refractivity (Wildman–Crippen MR) is 126 cm³/mol. The second-order valence-corrected chi connectivity index (χ2v) is 8.89. The summed E-state index contributed by atoms with van der Waals surface area (Å²) in [6.07, 6.45) is 1.82. The Morgan fingerprint density at radius 3 is 2.50 bits per heavy atom. The van der Waals surface area contributed by atoms with Gasteiger partial charge in [0.1, 0.15) is 0 Å². The molecule has 0 N–H and O–H groups in total. The maximum atomic E-state index is 13.8. The minimum Gasteiger partial charge on any atom is -0.493 e. The van der Waals surface area contributed by atoms with E-state index in [2.05, 4.69) is 0 Å². The molecule has 1 unspecified atom stereocenters. The van der Waals surface area contributed by atoms with E-state index < -0.39 is 0 Å². The highest BCUT2D eigenvalue weighted by atomic mass is 35.5. The number of aromatic nitrogens is 1. The number of ether oxygens (including phenoxy) is 4. The zero-order valence-electron chi connectivity index (χ0n) is 18.4. The van der Waals surface area contributed by atoms with Crippen molar-refractivity contribution in [1.82, 2.24) is 4.98 Å². The van der Waals surface area contributed by atoms with Gasteiger partial charge in [-0.05, 0) is 43.5 Å². The van der Waals surface area contributed by atoms with Crippen LogP contribution in [-0.2, 0) is 4.74 Å². The Hall–Kier alpha value is -2.55. The van der Waals surface area contributed by atoms with Gasteiger partial charge < -0.3 is 18.9 Å². The molecule has 0 radical (unpaired) electrons. The number of methoxy groups -OCH3 is 3. The van der Waals surface area contributed by atoms with Crippen molar-refractivity contribution in [2.75, 3.05) is 39.4 Å². The number of fused-ring (bicyclic) bond motifs is 1. The molecule has 1 atom stereocenters. The van der Waals surface area contributed by atoms with Gasteiger partial charge in [-0.1, -0.05) is 29.0 Å². The van der Waals surface area contributed by atoms with Crippen molar-refractivity contribution in [3.8, 4) is 17.2 Å². The summed E-state index contributed by atoms with van der Waals surface area (Å²) >= 11 is 7.82. The molecule has 0 bridgehead atoms. The molecule has 7 nitrogen and oxygen atoms in total. The van der Waals surface area contributed by atoms with Crippen LogP contribution in [0, 0.1) is 6.92 Å². The predicted octanol–water partition coefficient (Wildman–Crippen LogP) is 5.11. The topological polar surface area (TPSA) is 70.1 Å². The normalized spacial score (nSPS) is 15.7. The molecule has 1 aliphatic rings. The summed E-state index contributed by atoms with van der Waals surface area (Å²) in [6.45, 7) is 3.07. The van der Waals surface area contributed by atoms with Crippen LogP contribution in [0.1, 0.15) is 28.8 Å². The highest BCUT2D eigenvalue weighted by molar-refractivity contribution is 7.23. The fraction of sp³-hybridized carbons (Fsp3) is 0.391. The Labute approximate surface area is 195 Å². The van der Waals surface area contributed by atoms with E-state index in [-0.39, 0.29) is 12.0 Å². The number of nitrogens with zero attached hydrogens (tertiary/aromatic N) is 2. The van der Waals surface area contributed by atoms with Gasteiger partial charge in [0.25, 0.3) is 5.91 Å². The smallest absolute Gasteiger partial charge is 0.260 e. The fourth-order valence-electron chi connectivity index (χ4n) is 3.81. The molecule has 32 heavy (non-hydrogen) atoms. The number of halogens is 1. The molecule has 1 amide bonds. The number of carbonyl (C=O) groups excluding carboxylic acids is 1. The standard InChI is InChI=1S/C23H25ClN2O5S/c1-13-7-8-16(24)21-19(13)25-23(32-21)26(12-15-6-5-9-31-15)22(27)14-10-17(28-2)20(30-4)18(11-14)29-3/h7-8,10-11,15H,5-6,9,12H2,1-4H3. The maximum absolute atomic E-state index is 13.8. The molecule has 1 saturated heterocycles. The Morgan fingerprint density at radius 2 is 1.94 bits per heavy atom. The van der Waals surface area contributed by atoms with Crippen LogP contribution >= 0.6 is 22.9 Å². The number of hydrogen-bond donors (Lipinski definition) is 0. The SMILES string of the molecule is COc1cc(C(=O)N(CC2CCCO2)c2nc3c(C)ccc(Cl)c3s2)cc(OC)c1OC. The molecule has 1 aliphatic heterocycles. The fourth-order valence-corrected chi connectivity index (χ4v) is 5.13. The number of aryl methyl sites for hydroxylation is 1. The molecule has 2 heterocycles. The van der Waals surface area contributed by atoms with Gasteiger partial charge in [-0.3, -0.25) is 9.69 Å². The lowest BCUT2D eigenvalue weighted by atomic mass is 10.1. The summed E-state index contributed by atoms with van der Waals surface area (Å²) in [5.74, 6) is 1.03. The third kappa shape index (κ3) is 4.22. The summed E-state index contributed by atoms with van der Waals surface area (Å²) < 4.78 is 23.0. The van der Waals surface area contributed by atoms with Crippen molar-refractivity contribution in [1.29, 1.82) is 0 Å². The highest BCUT2D eigenvalue weighted by Gasteiger charge is 2.29. The van der Waals surface area contributed by atoms with E-state index in [0.29, 0.717) is 46.1 Å². The van der Waals surface area contributed by atoms with Gasteiger partial charge in [-0.25, -0.2) is 4.98 Å². The second kappa shape index (κ2) is 9.52. The summed E-state index contributed by atoms with van der Waals surface area (Å²) in [4.78, 5) is 20.2. The van der Waals surface area contributed by atoms with Gasteiger partial charge in [-0.2, -0.15) is 0 Å². The van der Waals surface area contributed by atoms with E-state index in [1.807, 2.05) is 19.1 Å². The molecule has 1 aromatic heterocycles. The van der Waals surface area contributed by atoms with Gasteiger partial charge in [0, 0.05) is 12.2 Å². The largest absolute Gasteiger partial charge is 0.493 e. The lowest BCUT2D eigenvalue weighted by Crippen LogP contribution is -2.37. The van der Waals surface area contributed by atoms with Gasteiger partial charge in [0.05, 0.1) is 49.2 Å². The van der Waals surface area contributed by atoms with E-state index in [1.54, 1.807) is 17.0 Å². The molecular weight excluding hydrogens is 452 g/mol. The van der Waals surface area contributed by atoms with Crippen molar-refractivity contribution in [2.24, 2.45) is 0 Å². The van der Waals surface area contributed by atoms with Crippen LogP contribution < -0.4 is 19.1 Å². The maximum Gasteiger partial charge on any atom is 0.260 e. The van der Waals surface area contributed by atoms with Crippen molar-refractivity contribution in [3.63, 3.8) is 0 Å². The third-order valence-corrected chi connectivity index (χ3v) is 7.02. The van der Waals surface area contributed by atoms with E-state index in [0.717, 1.165) is 28.6 Å². The molecule has 2 aromatic carbocycles. The van der Waals surface area contributed by atoms with Gasteiger partial charge in [0.2, 0.25) is 5.75 Å². The van der Waals surface area contributed by atoms with Crippen LogP contribution in [0.15, 0.2) is 24.3 Å². The highest BCUT2D eigenvalue weighted by Crippen LogP contribution is 2.40. The monoisotopic (exact) mass is 476 g/mol. The third-order valence-electron chi connectivity index (χ3n) is 5.48. The summed E-state index contributed by atoms with van der Waals surface area (Å²) in [5, 5.41) is 1.19. The molecule has 4 rings (SSSR count). The van der Waals surface area contributed by atoms with Crippen molar-refractivity contribution in [3.05, 3.63) is 40.4 Å². The number of amides is 1. The number of carbonyl (C=O) groups is 1. The van der Waals surface area contributed by atoms with Crippen molar-refractivity contribution >= 4 is 44.2 Å². The molecule has 3 aromatic rings. The van der Waals surface area contributed by atoms with E-state index in [4.69, 9.17) is 35.5 Å². The number of anilines is 1. The van der Waals surface area contributed by atoms with Crippen LogP contribution in [0.3, 0.4) is 0 Å². The molecule has 0 aliphatic carbocycles. The first-order valence-corrected chi connectivity index (χ1v) is 11.4. The Morgan fingerprint density at radius 1 is 1.22 bits per heavy atom. The Kier molecular flexibility index (Phi) is 6.74. The number of benzene rings is 2. The molecule has 0 saturated carbocycles. The van der Waals surface area contributed by atoms with Crippen molar-refractivity contribution < 1.29 is 23.7 Å². The first-order chi connectivity index (χ1) is 15.5. The molecule has 1 fully saturated rings. The zero-order valence-corrected chi connectivity index (χ0v) is 20.0. The summed E-state index contributed by atoms with van der Waals surface area (Å²) in [7, 11) is 4.57. The van der Waals surface area contributed by atoms with Gasteiger partial charge in [-0.15, -0.1) is 0 Å². The van der Waals surface area contributed by atoms with Crippen LogP contribution in [-0.4, -0.2) is 51.5 Å². The summed E-state index contributed by atoms with van der Waals surface area (Å²) in [5.41, 5.74) is 2.20. The first kappa shape index (κ1) is 22.6. The Bertz CT molecular complexity index is 1080. The van der Waals surface area contributed by atoms with Gasteiger partial charge >= 0.3 is 0 Å². The molecule has 0 spiro atoms. The summed E-state index contributed by atoms with van der Waals surface area (Å²) in [6, 6.07) is 7.09. The zero-order chi connectivity index (χ0) is 22.8. The molecule has 9 heteroatoms. The van der Waals surface area contributed by atoms with Gasteiger partial charge in [0.15, 0.2) is 16.6 Å². The number of thiazole rings is 1. The molecular formula is C23H25ClN2O5S. The van der Waals surface area contributed by atoms with Crippen LogP contribution in [0.4, 0.5) is 5.13 Å². The van der Waals surface area contributed by atoms with Crippen LogP contribution in [0.2, 0.25) is 5.02 Å².